The Labute approximate surface area is 131 Å². The van der Waals surface area contributed by atoms with Crippen LogP contribution in [-0.4, -0.2) is 4.98 Å². The summed E-state index contributed by atoms with van der Waals surface area (Å²) in [6, 6.07) is 18.7. The molecule has 100 valence electrons. The van der Waals surface area contributed by atoms with Crippen molar-refractivity contribution in [2.75, 3.05) is 0 Å². The average Bonchev–Trinajstić information content (AvgIpc) is 2.92. The Hall–Kier alpha value is -1.45. The fourth-order valence-electron chi connectivity index (χ4n) is 2.16. The molecule has 1 heterocycles. The first-order chi connectivity index (χ1) is 9.78. The molecule has 3 rings (SSSR count). The number of nitrogens with zero attached hydrogens (tertiary/aromatic N) is 1. The van der Waals surface area contributed by atoms with Crippen LogP contribution in [-0.2, 0) is 6.42 Å². The largest absolute Gasteiger partial charge is 0.236 e. The molecule has 3 aromatic rings. The molecule has 0 spiro atoms. The zero-order valence-corrected chi connectivity index (χ0v) is 13.5. The van der Waals surface area contributed by atoms with Crippen LogP contribution in [0, 0.1) is 0 Å². The summed E-state index contributed by atoms with van der Waals surface area (Å²) in [6.45, 7) is 2.19. The SMILES string of the molecule is CCc1sc(-c2cccc(Br)c2)nc1-c1ccccc1. The first-order valence-electron chi connectivity index (χ1n) is 6.59. The van der Waals surface area contributed by atoms with Crippen molar-refractivity contribution in [1.82, 2.24) is 4.98 Å². The van der Waals surface area contributed by atoms with Gasteiger partial charge in [0, 0.05) is 20.5 Å². The Morgan fingerprint density at radius 3 is 2.45 bits per heavy atom. The lowest BCUT2D eigenvalue weighted by molar-refractivity contribution is 1.17. The molecule has 3 heteroatoms. The fourth-order valence-corrected chi connectivity index (χ4v) is 3.58. The van der Waals surface area contributed by atoms with Crippen LogP contribution in [0.15, 0.2) is 59.1 Å². The van der Waals surface area contributed by atoms with Gasteiger partial charge in [0.2, 0.25) is 0 Å². The summed E-state index contributed by atoms with van der Waals surface area (Å²) in [4.78, 5) is 6.20. The van der Waals surface area contributed by atoms with Gasteiger partial charge in [-0.3, -0.25) is 0 Å². The maximum atomic E-state index is 4.86. The van der Waals surface area contributed by atoms with Crippen molar-refractivity contribution in [3.05, 3.63) is 63.9 Å². The maximum Gasteiger partial charge on any atom is 0.124 e. The van der Waals surface area contributed by atoms with E-state index >= 15 is 0 Å². The molecule has 0 N–H and O–H groups in total. The van der Waals surface area contributed by atoms with Crippen LogP contribution in [0.2, 0.25) is 0 Å². The molecule has 0 aliphatic carbocycles. The molecule has 0 aliphatic rings. The average molecular weight is 344 g/mol. The molecule has 0 radical (unpaired) electrons. The zero-order valence-electron chi connectivity index (χ0n) is 11.1. The summed E-state index contributed by atoms with van der Waals surface area (Å²) < 4.78 is 1.09. The molecule has 20 heavy (non-hydrogen) atoms. The quantitative estimate of drug-likeness (QED) is 0.585. The van der Waals surface area contributed by atoms with Crippen LogP contribution >= 0.6 is 27.3 Å². The van der Waals surface area contributed by atoms with E-state index in [4.69, 9.17) is 4.98 Å². The predicted molar refractivity (Wildman–Crippen MR) is 90.1 cm³/mol. The molecule has 0 atom stereocenters. The van der Waals surface area contributed by atoms with Crippen molar-refractivity contribution in [3.63, 3.8) is 0 Å². The van der Waals surface area contributed by atoms with Crippen LogP contribution < -0.4 is 0 Å². The molecule has 0 amide bonds. The van der Waals surface area contributed by atoms with Gasteiger partial charge in [-0.1, -0.05) is 65.3 Å². The van der Waals surface area contributed by atoms with Gasteiger partial charge >= 0.3 is 0 Å². The van der Waals surface area contributed by atoms with Crippen LogP contribution in [0.3, 0.4) is 0 Å². The Morgan fingerprint density at radius 2 is 1.75 bits per heavy atom. The van der Waals surface area contributed by atoms with Gasteiger partial charge in [0.25, 0.3) is 0 Å². The van der Waals surface area contributed by atoms with Crippen molar-refractivity contribution >= 4 is 27.3 Å². The monoisotopic (exact) mass is 343 g/mol. The van der Waals surface area contributed by atoms with Crippen molar-refractivity contribution in [2.45, 2.75) is 13.3 Å². The van der Waals surface area contributed by atoms with E-state index in [2.05, 4.69) is 65.3 Å². The van der Waals surface area contributed by atoms with Gasteiger partial charge in [0.05, 0.1) is 5.69 Å². The van der Waals surface area contributed by atoms with Gasteiger partial charge in [0.1, 0.15) is 5.01 Å². The molecule has 1 aromatic heterocycles. The van der Waals surface area contributed by atoms with E-state index < -0.39 is 0 Å². The number of hydrogen-bond donors (Lipinski definition) is 0. The normalized spacial score (nSPS) is 10.7. The number of benzene rings is 2. The highest BCUT2D eigenvalue weighted by Crippen LogP contribution is 2.34. The summed E-state index contributed by atoms with van der Waals surface area (Å²) in [5, 5.41) is 1.09. The Balaban J connectivity index is 2.10. The van der Waals surface area contributed by atoms with E-state index in [1.165, 1.54) is 16.0 Å². The van der Waals surface area contributed by atoms with Crippen molar-refractivity contribution in [1.29, 1.82) is 0 Å². The standard InChI is InChI=1S/C17H14BrNS/c1-2-15-16(12-7-4-3-5-8-12)19-17(20-15)13-9-6-10-14(18)11-13/h3-11H,2H2,1H3. The van der Waals surface area contributed by atoms with E-state index in [1.807, 2.05) is 12.1 Å². The van der Waals surface area contributed by atoms with E-state index in [-0.39, 0.29) is 0 Å². The van der Waals surface area contributed by atoms with Gasteiger partial charge in [0.15, 0.2) is 0 Å². The molecule has 1 nitrogen and oxygen atoms in total. The second-order valence-electron chi connectivity index (χ2n) is 4.52. The topological polar surface area (TPSA) is 12.9 Å². The molecule has 0 unspecified atom stereocenters. The van der Waals surface area contributed by atoms with Gasteiger partial charge in [-0.25, -0.2) is 4.98 Å². The molecule has 2 aromatic carbocycles. The Kier molecular flexibility index (Phi) is 3.99. The molecule has 0 saturated carbocycles. The lowest BCUT2D eigenvalue weighted by Crippen LogP contribution is -1.83. The van der Waals surface area contributed by atoms with Gasteiger partial charge in [-0.05, 0) is 18.6 Å². The first-order valence-corrected chi connectivity index (χ1v) is 8.20. The number of aryl methyl sites for hydroxylation is 1. The summed E-state index contributed by atoms with van der Waals surface area (Å²) in [5.41, 5.74) is 3.48. The van der Waals surface area contributed by atoms with E-state index in [0.29, 0.717) is 0 Å². The third-order valence-electron chi connectivity index (χ3n) is 3.14. The minimum absolute atomic E-state index is 1.01. The van der Waals surface area contributed by atoms with Gasteiger partial charge in [-0.2, -0.15) is 0 Å². The maximum absolute atomic E-state index is 4.86. The lowest BCUT2D eigenvalue weighted by atomic mass is 10.1. The minimum Gasteiger partial charge on any atom is -0.236 e. The molecular weight excluding hydrogens is 330 g/mol. The van der Waals surface area contributed by atoms with Crippen molar-refractivity contribution < 1.29 is 0 Å². The molecule has 0 fully saturated rings. The van der Waals surface area contributed by atoms with Crippen LogP contribution in [0.1, 0.15) is 11.8 Å². The summed E-state index contributed by atoms with van der Waals surface area (Å²) >= 11 is 5.31. The molecule has 0 bridgehead atoms. The Bertz CT molecular complexity index is 719. The number of hydrogen-bond acceptors (Lipinski definition) is 2. The Morgan fingerprint density at radius 1 is 1.00 bits per heavy atom. The summed E-state index contributed by atoms with van der Waals surface area (Å²) in [5.74, 6) is 0. The first kappa shape index (κ1) is 13.5. The number of rotatable bonds is 3. The third kappa shape index (κ3) is 2.69. The van der Waals surface area contributed by atoms with Crippen LogP contribution in [0.5, 0.6) is 0 Å². The zero-order chi connectivity index (χ0) is 13.9. The third-order valence-corrected chi connectivity index (χ3v) is 4.88. The lowest BCUT2D eigenvalue weighted by Gasteiger charge is -1.99. The predicted octanol–water partition coefficient (Wildman–Crippen LogP) is 5.80. The molecule has 0 aliphatic heterocycles. The highest BCUT2D eigenvalue weighted by atomic mass is 79.9. The van der Waals surface area contributed by atoms with E-state index in [0.717, 1.165) is 21.6 Å². The van der Waals surface area contributed by atoms with E-state index in [9.17, 15) is 0 Å². The highest BCUT2D eigenvalue weighted by Gasteiger charge is 2.12. The van der Waals surface area contributed by atoms with Gasteiger partial charge in [-0.15, -0.1) is 11.3 Å². The molecule has 0 saturated heterocycles. The second kappa shape index (κ2) is 5.90. The van der Waals surface area contributed by atoms with E-state index in [1.54, 1.807) is 11.3 Å². The van der Waals surface area contributed by atoms with Crippen LogP contribution in [0.25, 0.3) is 21.8 Å². The summed E-state index contributed by atoms with van der Waals surface area (Å²) in [7, 11) is 0. The highest BCUT2D eigenvalue weighted by molar-refractivity contribution is 9.10. The van der Waals surface area contributed by atoms with Crippen LogP contribution in [0.4, 0.5) is 0 Å². The number of thiazole rings is 1. The van der Waals surface area contributed by atoms with Gasteiger partial charge < -0.3 is 0 Å². The van der Waals surface area contributed by atoms with Crippen molar-refractivity contribution in [3.8, 4) is 21.8 Å². The smallest absolute Gasteiger partial charge is 0.124 e. The molecular formula is C17H14BrNS. The minimum atomic E-state index is 1.01. The number of aromatic nitrogens is 1. The summed E-state index contributed by atoms with van der Waals surface area (Å²) in [6.07, 6.45) is 1.01. The van der Waals surface area contributed by atoms with Crippen molar-refractivity contribution in [2.24, 2.45) is 0 Å². The number of halogens is 1. The fraction of sp³-hybridized carbons (Fsp3) is 0.118. The second-order valence-corrected chi connectivity index (χ2v) is 6.52.